The van der Waals surface area contributed by atoms with Gasteiger partial charge >= 0.3 is 5.97 Å². The van der Waals surface area contributed by atoms with Crippen molar-refractivity contribution in [1.82, 2.24) is 4.98 Å². The Morgan fingerprint density at radius 3 is 2.75 bits per heavy atom. The number of carbonyl (C=O) groups is 1. The molecule has 0 atom stereocenters. The first-order valence-electron chi connectivity index (χ1n) is 4.39. The molecular weight excluding hydrogens is 218 g/mol. The third kappa shape index (κ3) is 1.30. The van der Waals surface area contributed by atoms with Crippen molar-refractivity contribution >= 4 is 22.7 Å². The van der Waals surface area contributed by atoms with Crippen molar-refractivity contribution in [2.45, 2.75) is 0 Å². The number of nitrogens with one attached hydrogen (secondary N) is 1. The van der Waals surface area contributed by atoms with Crippen molar-refractivity contribution in [3.05, 3.63) is 29.3 Å². The van der Waals surface area contributed by atoms with Gasteiger partial charge in [0, 0.05) is 0 Å². The van der Waals surface area contributed by atoms with Crippen LogP contribution in [0, 0.1) is 11.6 Å². The van der Waals surface area contributed by atoms with Crippen molar-refractivity contribution in [2.24, 2.45) is 0 Å². The Kier molecular flexibility index (Phi) is 2.26. The van der Waals surface area contributed by atoms with Crippen LogP contribution in [-0.4, -0.2) is 18.1 Å². The summed E-state index contributed by atoms with van der Waals surface area (Å²) in [7, 11) is 1.14. The number of halogens is 2. The first-order chi connectivity index (χ1) is 7.56. The maximum absolute atomic E-state index is 13.5. The number of esters is 1. The van der Waals surface area contributed by atoms with Crippen LogP contribution in [-0.2, 0) is 4.74 Å². The minimum absolute atomic E-state index is 0.0497. The number of nitrogens with two attached hydrogens (primary N) is 1. The highest BCUT2D eigenvalue weighted by Crippen LogP contribution is 2.28. The van der Waals surface area contributed by atoms with E-state index in [9.17, 15) is 13.6 Å². The van der Waals surface area contributed by atoms with Crippen LogP contribution in [0.25, 0.3) is 10.9 Å². The van der Waals surface area contributed by atoms with Crippen LogP contribution in [0.1, 0.15) is 10.4 Å². The van der Waals surface area contributed by atoms with Crippen LogP contribution >= 0.6 is 0 Å². The lowest BCUT2D eigenvalue weighted by Gasteiger charge is -1.99. The molecule has 4 nitrogen and oxygen atoms in total. The largest absolute Gasteiger partial charge is 0.465 e. The molecule has 0 aliphatic heterocycles. The van der Waals surface area contributed by atoms with Crippen molar-refractivity contribution in [3.63, 3.8) is 0 Å². The first kappa shape index (κ1) is 10.4. The number of nitrogen functional groups attached to an aromatic ring is 1. The molecule has 1 aromatic carbocycles. The molecule has 0 aliphatic carbocycles. The quantitative estimate of drug-likeness (QED) is 0.728. The van der Waals surface area contributed by atoms with Gasteiger partial charge in [-0.25, -0.2) is 13.6 Å². The molecule has 0 saturated heterocycles. The highest BCUT2D eigenvalue weighted by molar-refractivity contribution is 6.09. The van der Waals surface area contributed by atoms with Gasteiger partial charge in [0.2, 0.25) is 0 Å². The summed E-state index contributed by atoms with van der Waals surface area (Å²) in [5.74, 6) is -3.03. The van der Waals surface area contributed by atoms with E-state index in [1.165, 1.54) is 6.07 Å². The Hall–Kier alpha value is -2.11. The molecule has 84 valence electrons. The number of aromatic nitrogens is 1. The SMILES string of the molecule is COC(=O)c1c(N)[nH]c2ccc(F)c(F)c12. The van der Waals surface area contributed by atoms with Gasteiger partial charge in [-0.2, -0.15) is 0 Å². The van der Waals surface area contributed by atoms with Gasteiger partial charge in [0.05, 0.1) is 18.0 Å². The summed E-state index contributed by atoms with van der Waals surface area (Å²) in [6.07, 6.45) is 0. The number of carbonyl (C=O) groups excluding carboxylic acids is 1. The number of ether oxygens (including phenoxy) is 1. The average Bonchev–Trinajstić information content (AvgIpc) is 2.60. The number of benzene rings is 1. The third-order valence-corrected chi connectivity index (χ3v) is 2.27. The summed E-state index contributed by atoms with van der Waals surface area (Å²) in [4.78, 5) is 13.9. The van der Waals surface area contributed by atoms with Crippen molar-refractivity contribution < 1.29 is 18.3 Å². The highest BCUT2D eigenvalue weighted by Gasteiger charge is 2.22. The Morgan fingerprint density at radius 2 is 2.12 bits per heavy atom. The van der Waals surface area contributed by atoms with Crippen LogP contribution in [0.3, 0.4) is 0 Å². The van der Waals surface area contributed by atoms with E-state index in [-0.39, 0.29) is 22.3 Å². The fraction of sp³-hybridized carbons (Fsp3) is 0.100. The molecule has 0 saturated carbocycles. The zero-order chi connectivity index (χ0) is 11.9. The van der Waals surface area contributed by atoms with E-state index in [4.69, 9.17) is 5.73 Å². The molecule has 1 aromatic heterocycles. The Morgan fingerprint density at radius 1 is 1.44 bits per heavy atom. The zero-order valence-electron chi connectivity index (χ0n) is 8.30. The molecule has 2 aromatic rings. The van der Waals surface area contributed by atoms with E-state index in [1.807, 2.05) is 0 Å². The number of H-pyrrole nitrogens is 1. The lowest BCUT2D eigenvalue weighted by Crippen LogP contribution is -2.04. The molecule has 6 heteroatoms. The van der Waals surface area contributed by atoms with Crippen LogP contribution in [0.5, 0.6) is 0 Å². The first-order valence-corrected chi connectivity index (χ1v) is 4.39. The summed E-state index contributed by atoms with van der Waals surface area (Å²) in [6.45, 7) is 0. The van der Waals surface area contributed by atoms with Gasteiger partial charge in [0.25, 0.3) is 0 Å². The van der Waals surface area contributed by atoms with Gasteiger partial charge in [-0.1, -0.05) is 0 Å². The van der Waals surface area contributed by atoms with Crippen LogP contribution in [0.2, 0.25) is 0 Å². The minimum atomic E-state index is -1.12. The Balaban J connectivity index is 2.86. The number of hydrogen-bond acceptors (Lipinski definition) is 3. The van der Waals surface area contributed by atoms with E-state index in [2.05, 4.69) is 9.72 Å². The maximum Gasteiger partial charge on any atom is 0.342 e. The highest BCUT2D eigenvalue weighted by atomic mass is 19.2. The van der Waals surface area contributed by atoms with Crippen LogP contribution in [0.15, 0.2) is 12.1 Å². The summed E-state index contributed by atoms with van der Waals surface area (Å²) in [5.41, 5.74) is 5.56. The van der Waals surface area contributed by atoms with Crippen molar-refractivity contribution in [1.29, 1.82) is 0 Å². The molecule has 3 N–H and O–H groups in total. The number of methoxy groups -OCH3 is 1. The molecule has 0 bridgehead atoms. The lowest BCUT2D eigenvalue weighted by atomic mass is 10.1. The summed E-state index contributed by atoms with van der Waals surface area (Å²) < 4.78 is 31.0. The van der Waals surface area contributed by atoms with E-state index >= 15 is 0 Å². The summed E-state index contributed by atoms with van der Waals surface area (Å²) >= 11 is 0. The van der Waals surface area contributed by atoms with Gasteiger partial charge in [-0.05, 0) is 12.1 Å². The third-order valence-electron chi connectivity index (χ3n) is 2.27. The second-order valence-electron chi connectivity index (χ2n) is 3.19. The molecule has 0 unspecified atom stereocenters. The van der Waals surface area contributed by atoms with Gasteiger partial charge in [0.15, 0.2) is 11.6 Å². The lowest BCUT2D eigenvalue weighted by molar-refractivity contribution is 0.0604. The number of aromatic amines is 1. The second-order valence-corrected chi connectivity index (χ2v) is 3.19. The zero-order valence-corrected chi connectivity index (χ0v) is 8.30. The van der Waals surface area contributed by atoms with E-state index < -0.39 is 17.6 Å². The topological polar surface area (TPSA) is 68.1 Å². The number of fused-ring (bicyclic) bond motifs is 1. The van der Waals surface area contributed by atoms with Crippen molar-refractivity contribution in [3.8, 4) is 0 Å². The van der Waals surface area contributed by atoms with Gasteiger partial charge < -0.3 is 15.5 Å². The molecular formula is C10H8F2N2O2. The van der Waals surface area contributed by atoms with Gasteiger partial charge in [-0.3, -0.25) is 0 Å². The minimum Gasteiger partial charge on any atom is -0.465 e. The van der Waals surface area contributed by atoms with E-state index in [0.29, 0.717) is 0 Å². The van der Waals surface area contributed by atoms with Crippen LogP contribution in [0.4, 0.5) is 14.6 Å². The maximum atomic E-state index is 13.5. The molecule has 2 rings (SSSR count). The Labute approximate surface area is 89.0 Å². The van der Waals surface area contributed by atoms with Crippen LogP contribution < -0.4 is 5.73 Å². The van der Waals surface area contributed by atoms with Gasteiger partial charge in [0.1, 0.15) is 11.4 Å². The fourth-order valence-corrected chi connectivity index (χ4v) is 1.56. The fourth-order valence-electron chi connectivity index (χ4n) is 1.56. The smallest absolute Gasteiger partial charge is 0.342 e. The molecule has 16 heavy (non-hydrogen) atoms. The molecule has 0 spiro atoms. The molecule has 0 fully saturated rings. The molecule has 0 aliphatic rings. The standard InChI is InChI=1S/C10H8F2N2O2/c1-16-10(15)7-6-5(14-9(7)13)3-2-4(11)8(6)12/h2-3,14H,13H2,1H3. The summed E-state index contributed by atoms with van der Waals surface area (Å²) in [5, 5.41) is -0.190. The monoisotopic (exact) mass is 226 g/mol. The normalized spacial score (nSPS) is 10.7. The predicted octanol–water partition coefficient (Wildman–Crippen LogP) is 1.81. The molecule has 0 radical (unpaired) electrons. The molecule has 1 heterocycles. The average molecular weight is 226 g/mol. The summed E-state index contributed by atoms with van der Waals surface area (Å²) in [6, 6.07) is 2.26. The Bertz CT molecular complexity index is 578. The van der Waals surface area contributed by atoms with Gasteiger partial charge in [-0.15, -0.1) is 0 Å². The number of rotatable bonds is 1. The van der Waals surface area contributed by atoms with E-state index in [0.717, 1.165) is 13.2 Å². The molecule has 0 amide bonds. The van der Waals surface area contributed by atoms with Crippen molar-refractivity contribution in [2.75, 3.05) is 12.8 Å². The predicted molar refractivity (Wildman–Crippen MR) is 54.0 cm³/mol. The number of anilines is 1. The number of hydrogen-bond donors (Lipinski definition) is 2. The second kappa shape index (κ2) is 3.48. The van der Waals surface area contributed by atoms with E-state index in [1.54, 1.807) is 0 Å².